The molecule has 0 aliphatic heterocycles. The molecule has 0 aliphatic rings. The Morgan fingerprint density at radius 2 is 1.48 bits per heavy atom. The molecule has 4 rings (SSSR count). The molecule has 0 saturated carbocycles. The van der Waals surface area contributed by atoms with Gasteiger partial charge in [-0.1, -0.05) is 60.2 Å². The van der Waals surface area contributed by atoms with Crippen molar-refractivity contribution in [2.45, 2.75) is 13.1 Å². The Morgan fingerprint density at radius 3 is 2.03 bits per heavy atom. The number of nitrogens with zero attached hydrogens (tertiary/aromatic N) is 2. The van der Waals surface area contributed by atoms with E-state index < -0.39 is 17.7 Å². The molecular weight excluding hydrogens is 405 g/mol. The van der Waals surface area contributed by atoms with Gasteiger partial charge in [0, 0.05) is 11.1 Å². The van der Waals surface area contributed by atoms with Crippen molar-refractivity contribution in [2.75, 3.05) is 0 Å². The van der Waals surface area contributed by atoms with Crippen molar-refractivity contribution < 1.29 is 23.1 Å². The summed E-state index contributed by atoms with van der Waals surface area (Å²) in [5.41, 5.74) is 2.15. The maximum atomic E-state index is 13.0. The minimum atomic E-state index is -4.48. The molecule has 1 N–H and O–H groups in total. The zero-order valence-electron chi connectivity index (χ0n) is 16.4. The molecule has 0 radical (unpaired) electrons. The minimum absolute atomic E-state index is 0.0773. The number of carbonyl (C=O) groups is 1. The van der Waals surface area contributed by atoms with Crippen molar-refractivity contribution in [1.29, 1.82) is 0 Å². The van der Waals surface area contributed by atoms with E-state index >= 15 is 0 Å². The van der Waals surface area contributed by atoms with Crippen molar-refractivity contribution in [3.05, 3.63) is 95.6 Å². The summed E-state index contributed by atoms with van der Waals surface area (Å²) in [7, 11) is 0. The largest absolute Gasteiger partial charge is 0.478 e. The molecule has 0 amide bonds. The van der Waals surface area contributed by atoms with E-state index in [2.05, 4.69) is 5.10 Å². The minimum Gasteiger partial charge on any atom is -0.478 e. The molecule has 0 spiro atoms. The van der Waals surface area contributed by atoms with E-state index in [1.807, 2.05) is 37.3 Å². The van der Waals surface area contributed by atoms with Crippen LogP contribution in [0, 0.1) is 6.92 Å². The summed E-state index contributed by atoms with van der Waals surface area (Å²) in [4.78, 5) is 12.3. The van der Waals surface area contributed by atoms with Gasteiger partial charge in [-0.25, -0.2) is 9.48 Å². The lowest BCUT2D eigenvalue weighted by Gasteiger charge is -2.09. The summed E-state index contributed by atoms with van der Waals surface area (Å²) in [5, 5.41) is 14.5. The Morgan fingerprint density at radius 1 is 0.871 bits per heavy atom. The van der Waals surface area contributed by atoms with Crippen molar-refractivity contribution >= 4 is 5.97 Å². The topological polar surface area (TPSA) is 55.1 Å². The van der Waals surface area contributed by atoms with Crippen LogP contribution in [0.4, 0.5) is 13.2 Å². The number of benzene rings is 3. The Kier molecular flexibility index (Phi) is 5.10. The summed E-state index contributed by atoms with van der Waals surface area (Å²) in [6.07, 6.45) is -4.48. The van der Waals surface area contributed by atoms with Gasteiger partial charge in [-0.05, 0) is 31.2 Å². The van der Waals surface area contributed by atoms with Crippen LogP contribution < -0.4 is 0 Å². The molecule has 0 unspecified atom stereocenters. The molecule has 0 fully saturated rings. The molecule has 31 heavy (non-hydrogen) atoms. The van der Waals surface area contributed by atoms with Crippen LogP contribution in [-0.2, 0) is 6.18 Å². The van der Waals surface area contributed by atoms with Crippen LogP contribution in [0.25, 0.3) is 28.2 Å². The number of carboxylic acids is 1. The lowest BCUT2D eigenvalue weighted by molar-refractivity contribution is -0.137. The lowest BCUT2D eigenvalue weighted by Crippen LogP contribution is -2.04. The van der Waals surface area contributed by atoms with Gasteiger partial charge in [-0.3, -0.25) is 0 Å². The molecule has 0 atom stereocenters. The zero-order valence-corrected chi connectivity index (χ0v) is 16.4. The summed E-state index contributed by atoms with van der Waals surface area (Å²) < 4.78 is 40.4. The number of rotatable bonds is 4. The van der Waals surface area contributed by atoms with Crippen molar-refractivity contribution in [3.63, 3.8) is 0 Å². The first-order chi connectivity index (χ1) is 14.8. The van der Waals surface area contributed by atoms with Gasteiger partial charge in [0.05, 0.1) is 16.9 Å². The second-order valence-corrected chi connectivity index (χ2v) is 7.07. The highest BCUT2D eigenvalue weighted by Crippen LogP contribution is 2.36. The normalized spacial score (nSPS) is 11.5. The van der Waals surface area contributed by atoms with E-state index in [0.717, 1.165) is 17.7 Å². The highest BCUT2D eigenvalue weighted by Gasteiger charge is 2.31. The molecule has 1 aromatic heterocycles. The fourth-order valence-electron chi connectivity index (χ4n) is 3.38. The maximum absolute atomic E-state index is 13.0. The Labute approximate surface area is 176 Å². The predicted octanol–water partition coefficient (Wildman–Crippen LogP) is 6.23. The molecule has 1 heterocycles. The van der Waals surface area contributed by atoms with E-state index in [9.17, 15) is 23.1 Å². The monoisotopic (exact) mass is 422 g/mol. The maximum Gasteiger partial charge on any atom is 0.416 e. The Bertz CT molecular complexity index is 1230. The second-order valence-electron chi connectivity index (χ2n) is 7.07. The molecule has 4 nitrogen and oxygen atoms in total. The van der Waals surface area contributed by atoms with E-state index in [4.69, 9.17) is 0 Å². The van der Waals surface area contributed by atoms with Crippen LogP contribution in [0.3, 0.4) is 0 Å². The quantitative estimate of drug-likeness (QED) is 0.424. The molecule has 0 bridgehead atoms. The standard InChI is InChI=1S/C24H17F3N2O2/c1-15-7-13-19(14-8-15)29-22(17-5-3-2-4-6-17)20(23(30)31)21(28-29)16-9-11-18(12-10-16)24(25,26)27/h2-14H,1H3,(H,30,31). The first-order valence-corrected chi connectivity index (χ1v) is 9.42. The molecule has 4 aromatic rings. The Balaban J connectivity index is 1.98. The van der Waals surface area contributed by atoms with Gasteiger partial charge in [-0.15, -0.1) is 0 Å². The van der Waals surface area contributed by atoms with Gasteiger partial charge >= 0.3 is 12.1 Å². The summed E-state index contributed by atoms with van der Waals surface area (Å²) in [6.45, 7) is 1.93. The number of aromatic carboxylic acids is 1. The van der Waals surface area contributed by atoms with Crippen LogP contribution in [0.1, 0.15) is 21.5 Å². The van der Waals surface area contributed by atoms with Crippen molar-refractivity contribution in [1.82, 2.24) is 9.78 Å². The zero-order chi connectivity index (χ0) is 22.2. The third kappa shape index (κ3) is 3.94. The molecule has 3 aromatic carbocycles. The number of aromatic nitrogens is 2. The summed E-state index contributed by atoms with van der Waals surface area (Å²) in [6, 6.07) is 20.6. The van der Waals surface area contributed by atoms with Gasteiger partial charge in [0.2, 0.25) is 0 Å². The van der Waals surface area contributed by atoms with Crippen molar-refractivity contribution in [3.8, 4) is 28.2 Å². The third-order valence-electron chi connectivity index (χ3n) is 4.91. The molecule has 0 aliphatic carbocycles. The van der Waals surface area contributed by atoms with Crippen LogP contribution in [-0.4, -0.2) is 20.9 Å². The third-order valence-corrected chi connectivity index (χ3v) is 4.91. The van der Waals surface area contributed by atoms with E-state index in [0.29, 0.717) is 16.9 Å². The SMILES string of the molecule is Cc1ccc(-n2nc(-c3ccc(C(F)(F)F)cc3)c(C(=O)O)c2-c2ccccc2)cc1. The smallest absolute Gasteiger partial charge is 0.416 e. The molecular formula is C24H17F3N2O2. The highest BCUT2D eigenvalue weighted by molar-refractivity contribution is 6.01. The fraction of sp³-hybridized carbons (Fsp3) is 0.0833. The van der Waals surface area contributed by atoms with Gasteiger partial charge in [0.25, 0.3) is 0 Å². The molecule has 156 valence electrons. The van der Waals surface area contributed by atoms with Crippen molar-refractivity contribution in [2.24, 2.45) is 0 Å². The number of carboxylic acid groups (broad SMARTS) is 1. The average Bonchev–Trinajstić information content (AvgIpc) is 3.15. The average molecular weight is 422 g/mol. The van der Waals surface area contributed by atoms with Gasteiger partial charge in [0.15, 0.2) is 0 Å². The predicted molar refractivity (Wildman–Crippen MR) is 111 cm³/mol. The number of alkyl halides is 3. The number of hydrogen-bond donors (Lipinski definition) is 1. The first kappa shape index (κ1) is 20.4. The number of aryl methyl sites for hydroxylation is 1. The number of halogens is 3. The van der Waals surface area contributed by atoms with Crippen LogP contribution >= 0.6 is 0 Å². The van der Waals surface area contributed by atoms with E-state index in [1.165, 1.54) is 16.8 Å². The lowest BCUT2D eigenvalue weighted by atomic mass is 10.0. The van der Waals surface area contributed by atoms with Crippen LogP contribution in [0.2, 0.25) is 0 Å². The molecule has 7 heteroatoms. The Hall–Kier alpha value is -3.87. The highest BCUT2D eigenvalue weighted by atomic mass is 19.4. The van der Waals surface area contributed by atoms with Crippen LogP contribution in [0.15, 0.2) is 78.9 Å². The van der Waals surface area contributed by atoms with Gasteiger partial charge in [0.1, 0.15) is 11.3 Å². The van der Waals surface area contributed by atoms with E-state index in [1.54, 1.807) is 24.3 Å². The first-order valence-electron chi connectivity index (χ1n) is 9.42. The van der Waals surface area contributed by atoms with Gasteiger partial charge < -0.3 is 5.11 Å². The summed E-state index contributed by atoms with van der Waals surface area (Å²) >= 11 is 0. The fourth-order valence-corrected chi connectivity index (χ4v) is 3.38. The number of hydrogen-bond acceptors (Lipinski definition) is 2. The van der Waals surface area contributed by atoms with Gasteiger partial charge in [-0.2, -0.15) is 18.3 Å². The van der Waals surface area contributed by atoms with Crippen LogP contribution in [0.5, 0.6) is 0 Å². The summed E-state index contributed by atoms with van der Waals surface area (Å²) in [5.74, 6) is -1.22. The second kappa shape index (κ2) is 7.75. The van der Waals surface area contributed by atoms with E-state index in [-0.39, 0.29) is 16.8 Å². The molecule has 0 saturated heterocycles.